The van der Waals surface area contributed by atoms with Crippen molar-refractivity contribution in [3.63, 3.8) is 0 Å². The molecule has 0 saturated carbocycles. The molecule has 0 amide bonds. The lowest BCUT2D eigenvalue weighted by Gasteiger charge is -1.97. The number of aromatic nitrogens is 2. The zero-order chi connectivity index (χ0) is 12.5. The predicted octanol–water partition coefficient (Wildman–Crippen LogP) is 3.19. The van der Waals surface area contributed by atoms with Gasteiger partial charge in [0, 0.05) is 5.56 Å². The van der Waals surface area contributed by atoms with Crippen molar-refractivity contribution >= 4 is 17.0 Å². The lowest BCUT2D eigenvalue weighted by molar-refractivity contribution is 0.432. The Balaban J connectivity index is 2.00. The van der Waals surface area contributed by atoms with E-state index in [0.717, 1.165) is 4.88 Å². The summed E-state index contributed by atoms with van der Waals surface area (Å²) in [6, 6.07) is 8.19. The lowest BCUT2D eigenvalue weighted by Crippen LogP contribution is -1.90. The van der Waals surface area contributed by atoms with Crippen LogP contribution >= 0.6 is 11.3 Å². The molecule has 0 atom stereocenters. The van der Waals surface area contributed by atoms with Gasteiger partial charge in [0.1, 0.15) is 5.82 Å². The second kappa shape index (κ2) is 4.23. The third-order valence-corrected chi connectivity index (χ3v) is 3.28. The molecule has 18 heavy (non-hydrogen) atoms. The van der Waals surface area contributed by atoms with Crippen LogP contribution in [-0.4, -0.2) is 10.1 Å². The van der Waals surface area contributed by atoms with Crippen molar-refractivity contribution in [2.24, 2.45) is 0 Å². The molecule has 0 bridgehead atoms. The summed E-state index contributed by atoms with van der Waals surface area (Å²) in [6.45, 7) is 0. The third-order valence-electron chi connectivity index (χ3n) is 2.41. The highest BCUT2D eigenvalue weighted by Gasteiger charge is 2.12. The molecule has 2 aromatic heterocycles. The predicted molar refractivity (Wildman–Crippen MR) is 67.4 cm³/mol. The SMILES string of the molecule is Nc1ccc(-c2nc(-c3cccs3)no2)cc1F. The Morgan fingerprint density at radius 2 is 2.17 bits per heavy atom. The van der Waals surface area contributed by atoms with Gasteiger partial charge in [-0.15, -0.1) is 11.3 Å². The van der Waals surface area contributed by atoms with Gasteiger partial charge >= 0.3 is 0 Å². The molecule has 0 aliphatic carbocycles. The molecule has 90 valence electrons. The molecule has 2 N–H and O–H groups in total. The van der Waals surface area contributed by atoms with Gasteiger partial charge in [0.25, 0.3) is 5.89 Å². The standard InChI is InChI=1S/C12H8FN3OS/c13-8-6-7(3-4-9(8)14)12-15-11(16-17-12)10-2-1-5-18-10/h1-6H,14H2. The van der Waals surface area contributed by atoms with Crippen LogP contribution in [0.1, 0.15) is 0 Å². The van der Waals surface area contributed by atoms with Crippen LogP contribution < -0.4 is 5.73 Å². The minimum atomic E-state index is -0.497. The summed E-state index contributed by atoms with van der Waals surface area (Å²) in [5.41, 5.74) is 6.01. The first-order chi connectivity index (χ1) is 8.74. The normalized spacial score (nSPS) is 10.7. The number of hydrogen-bond donors (Lipinski definition) is 1. The molecule has 6 heteroatoms. The number of nitrogens with two attached hydrogens (primary N) is 1. The molecule has 0 radical (unpaired) electrons. The fourth-order valence-electron chi connectivity index (χ4n) is 1.51. The van der Waals surface area contributed by atoms with Crippen LogP contribution in [0.2, 0.25) is 0 Å². The van der Waals surface area contributed by atoms with E-state index in [2.05, 4.69) is 10.1 Å². The van der Waals surface area contributed by atoms with Gasteiger partial charge in [-0.3, -0.25) is 0 Å². The van der Waals surface area contributed by atoms with E-state index < -0.39 is 5.82 Å². The number of nitrogens with zero attached hydrogens (tertiary/aromatic N) is 2. The maximum absolute atomic E-state index is 13.3. The van der Waals surface area contributed by atoms with Crippen molar-refractivity contribution < 1.29 is 8.91 Å². The minimum absolute atomic E-state index is 0.0942. The summed E-state index contributed by atoms with van der Waals surface area (Å²) in [7, 11) is 0. The van der Waals surface area contributed by atoms with E-state index in [9.17, 15) is 4.39 Å². The first-order valence-corrected chi connectivity index (χ1v) is 6.05. The monoisotopic (exact) mass is 261 g/mol. The highest BCUT2D eigenvalue weighted by atomic mass is 32.1. The van der Waals surface area contributed by atoms with E-state index in [-0.39, 0.29) is 11.6 Å². The van der Waals surface area contributed by atoms with Crippen molar-refractivity contribution in [3.05, 3.63) is 41.5 Å². The average molecular weight is 261 g/mol. The van der Waals surface area contributed by atoms with Crippen LogP contribution in [0.25, 0.3) is 22.2 Å². The second-order valence-electron chi connectivity index (χ2n) is 3.64. The van der Waals surface area contributed by atoms with Crippen LogP contribution in [0.4, 0.5) is 10.1 Å². The fourth-order valence-corrected chi connectivity index (χ4v) is 2.16. The Morgan fingerprint density at radius 1 is 1.28 bits per heavy atom. The van der Waals surface area contributed by atoms with Gasteiger partial charge in [-0.05, 0) is 29.6 Å². The van der Waals surface area contributed by atoms with Gasteiger partial charge in [0.15, 0.2) is 0 Å². The van der Waals surface area contributed by atoms with Crippen molar-refractivity contribution in [3.8, 4) is 22.2 Å². The van der Waals surface area contributed by atoms with E-state index in [1.807, 2.05) is 17.5 Å². The zero-order valence-corrected chi connectivity index (χ0v) is 9.95. The largest absolute Gasteiger partial charge is 0.396 e. The number of hydrogen-bond acceptors (Lipinski definition) is 5. The molecule has 0 aliphatic heterocycles. The highest BCUT2D eigenvalue weighted by Crippen LogP contribution is 2.26. The topological polar surface area (TPSA) is 64.9 Å². The van der Waals surface area contributed by atoms with Crippen LogP contribution in [0.15, 0.2) is 40.2 Å². The van der Waals surface area contributed by atoms with Gasteiger partial charge in [-0.1, -0.05) is 11.2 Å². The van der Waals surface area contributed by atoms with Crippen LogP contribution in [0, 0.1) is 5.82 Å². The van der Waals surface area contributed by atoms with Crippen molar-refractivity contribution in [1.29, 1.82) is 0 Å². The molecule has 0 unspecified atom stereocenters. The summed E-state index contributed by atoms with van der Waals surface area (Å²) in [5.74, 6) is 0.276. The summed E-state index contributed by atoms with van der Waals surface area (Å²) >= 11 is 1.51. The number of thiophene rings is 1. The molecular weight excluding hydrogens is 253 g/mol. The Labute approximate surface area is 106 Å². The molecule has 1 aromatic carbocycles. The summed E-state index contributed by atoms with van der Waals surface area (Å²) in [6.07, 6.45) is 0. The number of anilines is 1. The Bertz CT molecular complexity index is 678. The minimum Gasteiger partial charge on any atom is -0.396 e. The molecule has 0 fully saturated rings. The number of nitrogen functional groups attached to an aromatic ring is 1. The molecule has 3 aromatic rings. The molecular formula is C12H8FN3OS. The van der Waals surface area contributed by atoms with Gasteiger partial charge in [0.05, 0.1) is 10.6 Å². The summed E-state index contributed by atoms with van der Waals surface area (Å²) < 4.78 is 18.4. The molecule has 0 aliphatic rings. The van der Waals surface area contributed by atoms with Gasteiger partial charge < -0.3 is 10.3 Å². The maximum atomic E-state index is 13.3. The lowest BCUT2D eigenvalue weighted by atomic mass is 10.2. The number of halogens is 1. The molecule has 0 spiro atoms. The van der Waals surface area contributed by atoms with E-state index in [1.54, 1.807) is 6.07 Å². The number of benzene rings is 1. The average Bonchev–Trinajstić information content (AvgIpc) is 3.01. The molecule has 4 nitrogen and oxygen atoms in total. The summed E-state index contributed by atoms with van der Waals surface area (Å²) in [4.78, 5) is 5.12. The maximum Gasteiger partial charge on any atom is 0.258 e. The Kier molecular flexibility index (Phi) is 2.56. The quantitative estimate of drug-likeness (QED) is 0.719. The number of rotatable bonds is 2. The molecule has 3 rings (SSSR count). The van der Waals surface area contributed by atoms with Crippen LogP contribution in [-0.2, 0) is 0 Å². The van der Waals surface area contributed by atoms with E-state index in [4.69, 9.17) is 10.3 Å². The van der Waals surface area contributed by atoms with Crippen molar-refractivity contribution in [2.45, 2.75) is 0 Å². The van der Waals surface area contributed by atoms with E-state index in [0.29, 0.717) is 11.4 Å². The van der Waals surface area contributed by atoms with Crippen molar-refractivity contribution in [1.82, 2.24) is 10.1 Å². The van der Waals surface area contributed by atoms with Gasteiger partial charge in [-0.25, -0.2) is 4.39 Å². The first-order valence-electron chi connectivity index (χ1n) is 5.17. The van der Waals surface area contributed by atoms with Crippen LogP contribution in [0.5, 0.6) is 0 Å². The smallest absolute Gasteiger partial charge is 0.258 e. The molecule has 2 heterocycles. The highest BCUT2D eigenvalue weighted by molar-refractivity contribution is 7.13. The molecule has 0 saturated heterocycles. The zero-order valence-electron chi connectivity index (χ0n) is 9.13. The van der Waals surface area contributed by atoms with Crippen LogP contribution in [0.3, 0.4) is 0 Å². The van der Waals surface area contributed by atoms with Gasteiger partial charge in [-0.2, -0.15) is 4.98 Å². The van der Waals surface area contributed by atoms with Crippen molar-refractivity contribution in [2.75, 3.05) is 5.73 Å². The summed E-state index contributed by atoms with van der Waals surface area (Å²) in [5, 5.41) is 5.78. The second-order valence-corrected chi connectivity index (χ2v) is 4.58. The third kappa shape index (κ3) is 1.86. The fraction of sp³-hybridized carbons (Fsp3) is 0. The van der Waals surface area contributed by atoms with E-state index in [1.165, 1.54) is 23.5 Å². The Morgan fingerprint density at radius 3 is 2.89 bits per heavy atom. The van der Waals surface area contributed by atoms with Gasteiger partial charge in [0.2, 0.25) is 5.82 Å². The first kappa shape index (κ1) is 10.9. The van der Waals surface area contributed by atoms with E-state index >= 15 is 0 Å². The Hall–Kier alpha value is -2.21.